The second kappa shape index (κ2) is 8.41. The fraction of sp³-hybridized carbons (Fsp3) is 0.667. The van der Waals surface area contributed by atoms with Crippen LogP contribution in [0.15, 0.2) is 15.6 Å². The molecule has 7 heteroatoms. The smallest absolute Gasteiger partial charge is 0.241 e. The molecule has 0 spiro atoms. The number of nitrogens with one attached hydrogen (secondary N) is 3. The fourth-order valence-corrected chi connectivity index (χ4v) is 1.64. The van der Waals surface area contributed by atoms with Crippen molar-refractivity contribution in [1.29, 1.82) is 0 Å². The number of guanidine groups is 1. The Bertz CT molecular complexity index is 502. The summed E-state index contributed by atoms with van der Waals surface area (Å²) in [5.74, 6) is 1.89. The largest absolute Gasteiger partial charge is 0.443 e. The van der Waals surface area contributed by atoms with Gasteiger partial charge in [-0.3, -0.25) is 4.79 Å². The third-order valence-corrected chi connectivity index (χ3v) is 2.80. The Balaban J connectivity index is 2.58. The van der Waals surface area contributed by atoms with Gasteiger partial charge in [0.1, 0.15) is 12.3 Å². The molecule has 0 aliphatic heterocycles. The highest BCUT2D eigenvalue weighted by Crippen LogP contribution is 2.22. The van der Waals surface area contributed by atoms with Crippen LogP contribution in [0, 0.1) is 0 Å². The molecule has 7 nitrogen and oxygen atoms in total. The molecule has 0 bridgehead atoms. The lowest BCUT2D eigenvalue weighted by molar-refractivity contribution is -0.119. The van der Waals surface area contributed by atoms with E-state index >= 15 is 0 Å². The minimum atomic E-state index is -0.106. The average Bonchev–Trinajstić information content (AvgIpc) is 2.91. The molecule has 0 saturated carbocycles. The molecule has 0 atom stereocenters. The number of oxazole rings is 1. The van der Waals surface area contributed by atoms with Crippen LogP contribution in [0.5, 0.6) is 0 Å². The summed E-state index contributed by atoms with van der Waals surface area (Å²) in [5.41, 5.74) is -0.0674. The zero-order valence-corrected chi connectivity index (χ0v) is 14.1. The number of carbonyl (C=O) groups is 1. The first kappa shape index (κ1) is 18.0. The lowest BCUT2D eigenvalue weighted by atomic mass is 9.94. The Kier molecular flexibility index (Phi) is 6.88. The molecule has 0 aliphatic carbocycles. The van der Waals surface area contributed by atoms with Crippen LogP contribution in [0.3, 0.4) is 0 Å². The monoisotopic (exact) mass is 309 g/mol. The predicted octanol–water partition coefficient (Wildman–Crippen LogP) is 1.16. The summed E-state index contributed by atoms with van der Waals surface area (Å²) >= 11 is 0. The van der Waals surface area contributed by atoms with Crippen molar-refractivity contribution in [2.24, 2.45) is 4.99 Å². The average molecular weight is 309 g/mol. The van der Waals surface area contributed by atoms with E-state index < -0.39 is 0 Å². The maximum atomic E-state index is 11.4. The first-order chi connectivity index (χ1) is 10.4. The van der Waals surface area contributed by atoms with Crippen LogP contribution in [0.2, 0.25) is 0 Å². The molecule has 22 heavy (non-hydrogen) atoms. The van der Waals surface area contributed by atoms with Crippen molar-refractivity contribution in [1.82, 2.24) is 20.9 Å². The van der Waals surface area contributed by atoms with Crippen LogP contribution in [0.25, 0.3) is 0 Å². The van der Waals surface area contributed by atoms with Gasteiger partial charge in [-0.05, 0) is 13.8 Å². The summed E-state index contributed by atoms with van der Waals surface area (Å²) in [6.07, 6.45) is 1.75. The molecular formula is C15H27N5O2. The van der Waals surface area contributed by atoms with E-state index in [1.54, 1.807) is 6.20 Å². The van der Waals surface area contributed by atoms with Crippen LogP contribution in [0.4, 0.5) is 0 Å². The summed E-state index contributed by atoms with van der Waals surface area (Å²) in [6.45, 7) is 11.9. The number of carbonyl (C=O) groups excluding carboxylic acids is 1. The number of aromatic nitrogens is 1. The molecule has 0 aliphatic rings. The maximum absolute atomic E-state index is 11.4. The Labute approximate surface area is 132 Å². The highest BCUT2D eigenvalue weighted by molar-refractivity contribution is 5.84. The summed E-state index contributed by atoms with van der Waals surface area (Å²) < 4.78 is 5.71. The molecule has 0 radical (unpaired) electrons. The number of nitrogens with zero attached hydrogens (tertiary/aromatic N) is 2. The van der Waals surface area contributed by atoms with Gasteiger partial charge in [-0.15, -0.1) is 0 Å². The molecule has 1 rings (SSSR count). The van der Waals surface area contributed by atoms with E-state index in [9.17, 15) is 4.79 Å². The Hall–Kier alpha value is -2.05. The van der Waals surface area contributed by atoms with Crippen molar-refractivity contribution in [3.63, 3.8) is 0 Å². The van der Waals surface area contributed by atoms with Crippen molar-refractivity contribution in [2.75, 3.05) is 19.6 Å². The van der Waals surface area contributed by atoms with E-state index in [2.05, 4.69) is 46.7 Å². The SMILES string of the molecule is CCNC(=O)CN=C(NCC)NCc1ncc(C(C)(C)C)o1. The van der Waals surface area contributed by atoms with Gasteiger partial charge < -0.3 is 20.4 Å². The first-order valence-electron chi connectivity index (χ1n) is 7.60. The van der Waals surface area contributed by atoms with Crippen LogP contribution >= 0.6 is 0 Å². The van der Waals surface area contributed by atoms with Crippen LogP contribution in [-0.4, -0.2) is 36.5 Å². The third-order valence-electron chi connectivity index (χ3n) is 2.80. The van der Waals surface area contributed by atoms with Gasteiger partial charge in [0.2, 0.25) is 11.8 Å². The standard InChI is InChI=1S/C15H27N5O2/c1-6-16-12(21)9-19-14(17-7-2)20-10-13-18-8-11(22-13)15(3,4)5/h8H,6-7,9-10H2,1-5H3,(H,16,21)(H2,17,19,20). The van der Waals surface area contributed by atoms with Gasteiger partial charge in [0.05, 0.1) is 12.7 Å². The summed E-state index contributed by atoms with van der Waals surface area (Å²) in [5, 5.41) is 8.88. The molecule has 0 aromatic carbocycles. The second-order valence-corrected chi connectivity index (χ2v) is 5.87. The van der Waals surface area contributed by atoms with E-state index in [0.29, 0.717) is 31.5 Å². The van der Waals surface area contributed by atoms with Gasteiger partial charge in [-0.2, -0.15) is 0 Å². The molecule has 124 valence electrons. The first-order valence-corrected chi connectivity index (χ1v) is 7.60. The van der Waals surface area contributed by atoms with E-state index in [1.807, 2.05) is 13.8 Å². The Morgan fingerprint density at radius 3 is 2.45 bits per heavy atom. The van der Waals surface area contributed by atoms with Gasteiger partial charge in [0, 0.05) is 18.5 Å². The quantitative estimate of drug-likeness (QED) is 0.542. The number of likely N-dealkylation sites (N-methyl/N-ethyl adjacent to an activating group) is 1. The van der Waals surface area contributed by atoms with Gasteiger partial charge in [-0.1, -0.05) is 20.8 Å². The minimum absolute atomic E-state index is 0.0674. The number of aliphatic imine (C=N–C) groups is 1. The third kappa shape index (κ3) is 6.15. The van der Waals surface area contributed by atoms with E-state index in [-0.39, 0.29) is 17.9 Å². The lowest BCUT2D eigenvalue weighted by Crippen LogP contribution is -2.38. The van der Waals surface area contributed by atoms with E-state index in [0.717, 1.165) is 5.76 Å². The summed E-state index contributed by atoms with van der Waals surface area (Å²) in [7, 11) is 0. The van der Waals surface area contributed by atoms with Crippen molar-refractivity contribution in [2.45, 2.75) is 46.6 Å². The number of amides is 1. The fourth-order valence-electron chi connectivity index (χ4n) is 1.64. The van der Waals surface area contributed by atoms with Gasteiger partial charge in [0.25, 0.3) is 0 Å². The van der Waals surface area contributed by atoms with E-state index in [4.69, 9.17) is 4.42 Å². The predicted molar refractivity (Wildman–Crippen MR) is 86.7 cm³/mol. The van der Waals surface area contributed by atoms with Crippen molar-refractivity contribution in [3.05, 3.63) is 17.8 Å². The van der Waals surface area contributed by atoms with Gasteiger partial charge >= 0.3 is 0 Å². The van der Waals surface area contributed by atoms with Crippen LogP contribution < -0.4 is 16.0 Å². The van der Waals surface area contributed by atoms with Crippen LogP contribution in [0.1, 0.15) is 46.3 Å². The molecule has 1 amide bonds. The van der Waals surface area contributed by atoms with Gasteiger partial charge in [-0.25, -0.2) is 9.98 Å². The highest BCUT2D eigenvalue weighted by atomic mass is 16.4. The topological polar surface area (TPSA) is 91.5 Å². The molecule has 0 fully saturated rings. The Morgan fingerprint density at radius 2 is 1.91 bits per heavy atom. The second-order valence-electron chi connectivity index (χ2n) is 5.87. The summed E-state index contributed by atoms with van der Waals surface area (Å²) in [4.78, 5) is 19.9. The Morgan fingerprint density at radius 1 is 1.23 bits per heavy atom. The van der Waals surface area contributed by atoms with Crippen molar-refractivity contribution >= 4 is 11.9 Å². The van der Waals surface area contributed by atoms with Crippen molar-refractivity contribution < 1.29 is 9.21 Å². The number of hydrogen-bond acceptors (Lipinski definition) is 4. The molecular weight excluding hydrogens is 282 g/mol. The molecule has 0 saturated heterocycles. The lowest BCUT2D eigenvalue weighted by Gasteiger charge is -2.13. The zero-order valence-electron chi connectivity index (χ0n) is 14.1. The van der Waals surface area contributed by atoms with Gasteiger partial charge in [0.15, 0.2) is 5.96 Å². The van der Waals surface area contributed by atoms with Crippen molar-refractivity contribution in [3.8, 4) is 0 Å². The number of rotatable bonds is 6. The van der Waals surface area contributed by atoms with E-state index in [1.165, 1.54) is 0 Å². The molecule has 1 aromatic rings. The van der Waals surface area contributed by atoms with Crippen LogP contribution in [-0.2, 0) is 16.8 Å². The number of hydrogen-bond donors (Lipinski definition) is 3. The normalized spacial score (nSPS) is 12.1. The highest BCUT2D eigenvalue weighted by Gasteiger charge is 2.19. The maximum Gasteiger partial charge on any atom is 0.241 e. The molecule has 3 N–H and O–H groups in total. The zero-order chi connectivity index (χ0) is 16.6. The molecule has 1 aromatic heterocycles. The molecule has 0 unspecified atom stereocenters. The minimum Gasteiger partial charge on any atom is -0.443 e. The summed E-state index contributed by atoms with van der Waals surface area (Å²) in [6, 6.07) is 0. The molecule has 1 heterocycles.